The number of aryl methyl sites for hydroxylation is 2. The molecule has 0 saturated carbocycles. The maximum Gasteiger partial charge on any atom is 0.164 e. The van der Waals surface area contributed by atoms with Crippen LogP contribution in [0.3, 0.4) is 0 Å². The zero-order chi connectivity index (χ0) is 14.1. The zero-order valence-electron chi connectivity index (χ0n) is 11.0. The van der Waals surface area contributed by atoms with Gasteiger partial charge in [0.1, 0.15) is 11.3 Å². The van der Waals surface area contributed by atoms with Gasteiger partial charge >= 0.3 is 0 Å². The summed E-state index contributed by atoms with van der Waals surface area (Å²) in [6, 6.07) is 11.6. The van der Waals surface area contributed by atoms with Crippen LogP contribution < -0.4 is 0 Å². The van der Waals surface area contributed by atoms with E-state index in [2.05, 4.69) is 9.97 Å². The molecular weight excluding hydrogens is 293 g/mol. The predicted molar refractivity (Wildman–Crippen MR) is 83.0 cm³/mol. The minimum atomic E-state index is 0.517. The number of pyridine rings is 1. The van der Waals surface area contributed by atoms with Gasteiger partial charge in [-0.3, -0.25) is 4.57 Å². The summed E-state index contributed by atoms with van der Waals surface area (Å²) in [6.07, 6.45) is 0.684. The van der Waals surface area contributed by atoms with Crippen molar-refractivity contribution in [3.8, 4) is 5.69 Å². The molecule has 3 nitrogen and oxygen atoms in total. The molecule has 0 atom stereocenters. The van der Waals surface area contributed by atoms with Gasteiger partial charge in [-0.25, -0.2) is 9.97 Å². The fourth-order valence-corrected chi connectivity index (χ4v) is 2.59. The molecule has 0 N–H and O–H groups in total. The van der Waals surface area contributed by atoms with Gasteiger partial charge < -0.3 is 0 Å². The monoisotopic (exact) mass is 305 g/mol. The lowest BCUT2D eigenvalue weighted by atomic mass is 10.3. The fourth-order valence-electron chi connectivity index (χ4n) is 2.24. The Morgan fingerprint density at radius 2 is 2.00 bits per heavy atom. The number of aromatic nitrogens is 3. The second-order valence-electron chi connectivity index (χ2n) is 4.58. The Balaban J connectivity index is 2.30. The molecule has 0 unspecified atom stereocenters. The van der Waals surface area contributed by atoms with E-state index >= 15 is 0 Å². The van der Waals surface area contributed by atoms with Gasteiger partial charge in [-0.1, -0.05) is 17.7 Å². The van der Waals surface area contributed by atoms with Gasteiger partial charge in [-0.2, -0.15) is 0 Å². The van der Waals surface area contributed by atoms with Crippen LogP contribution in [0.5, 0.6) is 0 Å². The van der Waals surface area contributed by atoms with E-state index < -0.39 is 0 Å². The van der Waals surface area contributed by atoms with E-state index in [-0.39, 0.29) is 0 Å². The molecule has 0 aliphatic carbocycles. The Kier molecular flexibility index (Phi) is 3.64. The van der Waals surface area contributed by atoms with Crippen LogP contribution in [-0.4, -0.2) is 20.4 Å². The quantitative estimate of drug-likeness (QED) is 0.680. The molecule has 0 spiro atoms. The number of hydrogen-bond acceptors (Lipinski definition) is 2. The second kappa shape index (κ2) is 5.43. The molecule has 1 aromatic carbocycles. The van der Waals surface area contributed by atoms with E-state index in [9.17, 15) is 0 Å². The Morgan fingerprint density at radius 3 is 2.75 bits per heavy atom. The first-order valence-corrected chi connectivity index (χ1v) is 7.27. The minimum Gasteiger partial charge on any atom is -0.281 e. The summed E-state index contributed by atoms with van der Waals surface area (Å²) in [5, 5.41) is 0.689. The first-order chi connectivity index (χ1) is 9.69. The highest BCUT2D eigenvalue weighted by atomic mass is 35.5. The highest BCUT2D eigenvalue weighted by Gasteiger charge is 2.13. The van der Waals surface area contributed by atoms with Crippen molar-refractivity contribution in [2.75, 3.05) is 5.88 Å². The normalized spacial score (nSPS) is 11.2. The third-order valence-electron chi connectivity index (χ3n) is 3.10. The number of benzene rings is 1. The molecule has 20 heavy (non-hydrogen) atoms. The Bertz CT molecular complexity index is 765. The number of rotatable bonds is 3. The molecule has 0 bridgehead atoms. The zero-order valence-corrected chi connectivity index (χ0v) is 12.5. The van der Waals surface area contributed by atoms with Crippen molar-refractivity contribution in [1.29, 1.82) is 0 Å². The van der Waals surface area contributed by atoms with Gasteiger partial charge in [0.25, 0.3) is 0 Å². The van der Waals surface area contributed by atoms with Crippen molar-refractivity contribution < 1.29 is 0 Å². The average Bonchev–Trinajstić information content (AvgIpc) is 2.76. The van der Waals surface area contributed by atoms with Crippen molar-refractivity contribution in [2.45, 2.75) is 13.3 Å². The van der Waals surface area contributed by atoms with Crippen LogP contribution in [-0.2, 0) is 6.42 Å². The molecule has 5 heteroatoms. The molecule has 3 aromatic rings. The van der Waals surface area contributed by atoms with Gasteiger partial charge in [-0.15, -0.1) is 11.6 Å². The number of fused-ring (bicyclic) bond motifs is 1. The molecule has 0 amide bonds. The first-order valence-electron chi connectivity index (χ1n) is 6.36. The molecule has 2 heterocycles. The van der Waals surface area contributed by atoms with Gasteiger partial charge in [-0.05, 0) is 37.3 Å². The lowest BCUT2D eigenvalue weighted by Crippen LogP contribution is -2.03. The van der Waals surface area contributed by atoms with Crippen LogP contribution in [0.2, 0.25) is 5.02 Å². The minimum absolute atomic E-state index is 0.517. The number of imidazole rings is 1. The van der Waals surface area contributed by atoms with Gasteiger partial charge in [0, 0.05) is 23.0 Å². The van der Waals surface area contributed by atoms with E-state index in [0.717, 1.165) is 28.4 Å². The fraction of sp³-hybridized carbons (Fsp3) is 0.200. The summed E-state index contributed by atoms with van der Waals surface area (Å²) in [6.45, 7) is 1.97. The number of halogens is 2. The smallest absolute Gasteiger partial charge is 0.164 e. The predicted octanol–water partition coefficient (Wildman–Crippen LogP) is 4.16. The Hall–Kier alpha value is -1.58. The molecule has 0 saturated heterocycles. The van der Waals surface area contributed by atoms with Crippen LogP contribution in [0.25, 0.3) is 16.9 Å². The number of nitrogens with zero attached hydrogens (tertiary/aromatic N) is 3. The Morgan fingerprint density at radius 1 is 1.15 bits per heavy atom. The van der Waals surface area contributed by atoms with Crippen LogP contribution >= 0.6 is 23.2 Å². The number of alkyl halides is 1. The van der Waals surface area contributed by atoms with E-state index in [1.165, 1.54) is 0 Å². The standard InChI is InChI=1S/C15H13Cl2N3/c1-10-5-6-13-15(18-10)20(14(19-13)7-8-16)12-4-2-3-11(17)9-12/h2-6,9H,7-8H2,1H3. The molecule has 0 radical (unpaired) electrons. The maximum atomic E-state index is 6.09. The van der Waals surface area contributed by atoms with E-state index in [4.69, 9.17) is 23.2 Å². The topological polar surface area (TPSA) is 30.7 Å². The van der Waals surface area contributed by atoms with Gasteiger partial charge in [0.2, 0.25) is 0 Å². The maximum absolute atomic E-state index is 6.09. The van der Waals surface area contributed by atoms with Gasteiger partial charge in [0.15, 0.2) is 5.65 Å². The van der Waals surface area contributed by atoms with Crippen molar-refractivity contribution in [3.05, 3.63) is 52.9 Å². The highest BCUT2D eigenvalue weighted by Crippen LogP contribution is 2.23. The third-order valence-corrected chi connectivity index (χ3v) is 3.52. The summed E-state index contributed by atoms with van der Waals surface area (Å²) in [7, 11) is 0. The lowest BCUT2D eigenvalue weighted by molar-refractivity contribution is 0.904. The van der Waals surface area contributed by atoms with E-state index in [0.29, 0.717) is 17.3 Å². The molecule has 3 rings (SSSR count). The molecule has 0 aliphatic rings. The molecule has 102 valence electrons. The largest absolute Gasteiger partial charge is 0.281 e. The summed E-state index contributed by atoms with van der Waals surface area (Å²) < 4.78 is 2.02. The van der Waals surface area contributed by atoms with Crippen LogP contribution in [0.4, 0.5) is 0 Å². The average molecular weight is 306 g/mol. The highest BCUT2D eigenvalue weighted by molar-refractivity contribution is 6.30. The van der Waals surface area contributed by atoms with Crippen molar-refractivity contribution in [2.24, 2.45) is 0 Å². The summed E-state index contributed by atoms with van der Waals surface area (Å²) in [4.78, 5) is 9.22. The lowest BCUT2D eigenvalue weighted by Gasteiger charge is -2.08. The first kappa shape index (κ1) is 13.4. The summed E-state index contributed by atoms with van der Waals surface area (Å²) in [5.41, 5.74) is 3.62. The molecular formula is C15H13Cl2N3. The van der Waals surface area contributed by atoms with E-state index in [1.807, 2.05) is 47.9 Å². The van der Waals surface area contributed by atoms with Crippen LogP contribution in [0.15, 0.2) is 36.4 Å². The van der Waals surface area contributed by atoms with Crippen molar-refractivity contribution in [3.63, 3.8) is 0 Å². The molecule has 0 fully saturated rings. The van der Waals surface area contributed by atoms with Gasteiger partial charge in [0.05, 0.1) is 5.69 Å². The summed E-state index contributed by atoms with van der Waals surface area (Å²) in [5.74, 6) is 1.42. The third kappa shape index (κ3) is 2.39. The molecule has 0 aliphatic heterocycles. The summed E-state index contributed by atoms with van der Waals surface area (Å²) >= 11 is 12.0. The van der Waals surface area contributed by atoms with Crippen molar-refractivity contribution in [1.82, 2.24) is 14.5 Å². The van der Waals surface area contributed by atoms with Crippen LogP contribution in [0.1, 0.15) is 11.5 Å². The van der Waals surface area contributed by atoms with Crippen LogP contribution in [0, 0.1) is 6.92 Å². The Labute approximate surface area is 127 Å². The number of hydrogen-bond donors (Lipinski definition) is 0. The SMILES string of the molecule is Cc1ccc2nc(CCCl)n(-c3cccc(Cl)c3)c2n1. The second-order valence-corrected chi connectivity index (χ2v) is 5.39. The van der Waals surface area contributed by atoms with E-state index in [1.54, 1.807) is 0 Å². The molecule has 2 aromatic heterocycles. The van der Waals surface area contributed by atoms with Crippen molar-refractivity contribution >= 4 is 34.4 Å².